The number of nitrogens with zero attached hydrogens (tertiary/aromatic N) is 5. The summed E-state index contributed by atoms with van der Waals surface area (Å²) in [6, 6.07) is 4.16. The summed E-state index contributed by atoms with van der Waals surface area (Å²) < 4.78 is 11.0. The Hall–Kier alpha value is -3.30. The molecule has 0 saturated carbocycles. The number of anilines is 1. The summed E-state index contributed by atoms with van der Waals surface area (Å²) in [5.74, 6) is 2.15. The summed E-state index contributed by atoms with van der Waals surface area (Å²) in [5, 5.41) is 5.35. The second kappa shape index (κ2) is 7.85. The van der Waals surface area contributed by atoms with E-state index in [1.165, 1.54) is 0 Å². The van der Waals surface area contributed by atoms with Crippen LogP contribution in [0.1, 0.15) is 0 Å². The van der Waals surface area contributed by atoms with Gasteiger partial charge < -0.3 is 24.7 Å². The van der Waals surface area contributed by atoms with Crippen LogP contribution < -0.4 is 15.0 Å². The van der Waals surface area contributed by atoms with E-state index in [2.05, 4.69) is 25.2 Å². The summed E-state index contributed by atoms with van der Waals surface area (Å²) in [4.78, 5) is 24.0. The largest absolute Gasteiger partial charge is 0.494 e. The first-order valence-electron chi connectivity index (χ1n) is 9.88. The van der Waals surface area contributed by atoms with Crippen LogP contribution in [-0.2, 0) is 4.74 Å². The number of hydrogen-bond acceptors (Lipinski definition) is 8. The summed E-state index contributed by atoms with van der Waals surface area (Å²) in [6.07, 6.45) is 7.11. The van der Waals surface area contributed by atoms with E-state index in [0.29, 0.717) is 18.2 Å². The zero-order valence-corrected chi connectivity index (χ0v) is 16.9. The van der Waals surface area contributed by atoms with Crippen molar-refractivity contribution in [2.24, 2.45) is 0 Å². The lowest BCUT2D eigenvalue weighted by Crippen LogP contribution is -2.53. The molecule has 0 aromatic carbocycles. The molecule has 30 heavy (non-hydrogen) atoms. The predicted octanol–water partition coefficient (Wildman–Crippen LogP) is 2.00. The molecule has 1 atom stereocenters. The highest BCUT2D eigenvalue weighted by molar-refractivity contribution is 5.98. The van der Waals surface area contributed by atoms with Crippen LogP contribution in [0.15, 0.2) is 36.9 Å². The number of fused-ring (bicyclic) bond motifs is 2. The van der Waals surface area contributed by atoms with Crippen LogP contribution >= 0.6 is 0 Å². The molecule has 1 aliphatic heterocycles. The van der Waals surface area contributed by atoms with Crippen molar-refractivity contribution >= 4 is 27.8 Å². The lowest BCUT2D eigenvalue weighted by molar-refractivity contribution is 0.163. The van der Waals surface area contributed by atoms with Crippen molar-refractivity contribution in [3.63, 3.8) is 0 Å². The highest BCUT2D eigenvalue weighted by atomic mass is 16.5. The Bertz CT molecular complexity index is 1190. The Morgan fingerprint density at radius 3 is 3.00 bits per heavy atom. The minimum atomic E-state index is 0.224. The second-order valence-electron chi connectivity index (χ2n) is 7.26. The van der Waals surface area contributed by atoms with E-state index in [-0.39, 0.29) is 6.04 Å². The van der Waals surface area contributed by atoms with Gasteiger partial charge in [-0.2, -0.15) is 0 Å². The number of pyridine rings is 2. The first-order valence-corrected chi connectivity index (χ1v) is 9.88. The van der Waals surface area contributed by atoms with Crippen molar-refractivity contribution in [2.45, 2.75) is 6.04 Å². The summed E-state index contributed by atoms with van der Waals surface area (Å²) >= 11 is 0. The number of aromatic amines is 1. The van der Waals surface area contributed by atoms with Crippen molar-refractivity contribution in [1.82, 2.24) is 30.2 Å². The number of aromatic nitrogens is 5. The number of hydrogen-bond donors (Lipinski definition) is 2. The molecule has 2 N–H and O–H groups in total. The highest BCUT2D eigenvalue weighted by Gasteiger charge is 2.25. The fourth-order valence-corrected chi connectivity index (χ4v) is 4.03. The number of nitrogens with one attached hydrogen (secondary N) is 2. The van der Waals surface area contributed by atoms with Crippen LogP contribution in [0, 0.1) is 0 Å². The zero-order chi connectivity index (χ0) is 20.5. The van der Waals surface area contributed by atoms with Crippen LogP contribution in [-0.4, -0.2) is 71.4 Å². The van der Waals surface area contributed by atoms with Crippen LogP contribution in [0.3, 0.4) is 0 Å². The molecule has 4 aromatic heterocycles. The van der Waals surface area contributed by atoms with Gasteiger partial charge in [-0.15, -0.1) is 0 Å². The molecule has 5 heterocycles. The van der Waals surface area contributed by atoms with Crippen molar-refractivity contribution in [1.29, 1.82) is 0 Å². The lowest BCUT2D eigenvalue weighted by Gasteiger charge is -2.35. The fourth-order valence-electron chi connectivity index (χ4n) is 4.03. The number of H-pyrrole nitrogens is 1. The summed E-state index contributed by atoms with van der Waals surface area (Å²) in [6.45, 7) is 3.09. The monoisotopic (exact) mass is 405 g/mol. The van der Waals surface area contributed by atoms with Gasteiger partial charge in [-0.1, -0.05) is 0 Å². The average Bonchev–Trinajstić information content (AvgIpc) is 3.27. The molecule has 1 fully saturated rings. The van der Waals surface area contributed by atoms with E-state index < -0.39 is 0 Å². The Balaban J connectivity index is 1.70. The normalized spacial score (nSPS) is 17.0. The maximum Gasteiger partial charge on any atom is 0.163 e. The van der Waals surface area contributed by atoms with E-state index in [1.807, 2.05) is 18.3 Å². The minimum absolute atomic E-state index is 0.224. The number of piperazine rings is 1. The van der Waals surface area contributed by atoms with E-state index in [9.17, 15) is 0 Å². The standard InChI is InChI=1S/C21H23N7O2/c1-29-12-13-11-28(8-7-23-13)21-18-16(9-22-10-17(18)30-2)26-20(27-21)15-4-6-25-19-14(15)3-5-24-19/h3-6,9-10,13,23H,7-8,11-12H2,1-2H3,(H,24,25)/t13-/m1/s1. The van der Waals surface area contributed by atoms with Gasteiger partial charge in [-0.25, -0.2) is 15.0 Å². The van der Waals surface area contributed by atoms with Gasteiger partial charge in [0.25, 0.3) is 0 Å². The van der Waals surface area contributed by atoms with Crippen molar-refractivity contribution in [3.05, 3.63) is 36.9 Å². The third-order valence-electron chi connectivity index (χ3n) is 5.40. The van der Waals surface area contributed by atoms with Gasteiger partial charge in [0.15, 0.2) is 5.82 Å². The van der Waals surface area contributed by atoms with E-state index in [0.717, 1.165) is 53.0 Å². The fraction of sp³-hybridized carbons (Fsp3) is 0.333. The third kappa shape index (κ3) is 3.21. The van der Waals surface area contributed by atoms with Crippen molar-refractivity contribution in [3.8, 4) is 17.1 Å². The Labute approximate surface area is 173 Å². The molecule has 0 bridgehead atoms. The molecular formula is C21H23N7O2. The Kier molecular flexibility index (Phi) is 4.89. The van der Waals surface area contributed by atoms with E-state index in [1.54, 1.807) is 32.8 Å². The van der Waals surface area contributed by atoms with Gasteiger partial charge >= 0.3 is 0 Å². The smallest absolute Gasteiger partial charge is 0.163 e. The maximum atomic E-state index is 5.61. The average molecular weight is 405 g/mol. The molecule has 1 saturated heterocycles. The lowest BCUT2D eigenvalue weighted by atomic mass is 10.1. The molecule has 9 heteroatoms. The van der Waals surface area contributed by atoms with Crippen molar-refractivity contribution in [2.75, 3.05) is 45.4 Å². The third-order valence-corrected chi connectivity index (χ3v) is 5.40. The first-order chi connectivity index (χ1) is 14.8. The molecule has 0 amide bonds. The predicted molar refractivity (Wildman–Crippen MR) is 115 cm³/mol. The van der Waals surface area contributed by atoms with Gasteiger partial charge in [-0.05, 0) is 12.1 Å². The van der Waals surface area contributed by atoms with E-state index >= 15 is 0 Å². The second-order valence-corrected chi connectivity index (χ2v) is 7.26. The molecule has 9 nitrogen and oxygen atoms in total. The summed E-state index contributed by atoms with van der Waals surface area (Å²) in [7, 11) is 3.37. The minimum Gasteiger partial charge on any atom is -0.494 e. The van der Waals surface area contributed by atoms with Crippen molar-refractivity contribution < 1.29 is 9.47 Å². The van der Waals surface area contributed by atoms with E-state index in [4.69, 9.17) is 19.4 Å². The van der Waals surface area contributed by atoms with Crippen LogP contribution in [0.25, 0.3) is 33.3 Å². The molecule has 4 aromatic rings. The van der Waals surface area contributed by atoms with Crippen LogP contribution in [0.4, 0.5) is 5.82 Å². The van der Waals surface area contributed by atoms with Gasteiger partial charge in [0, 0.05) is 56.1 Å². The molecular weight excluding hydrogens is 382 g/mol. The molecule has 0 aliphatic carbocycles. The number of ether oxygens (including phenoxy) is 2. The van der Waals surface area contributed by atoms with Gasteiger partial charge in [-0.3, -0.25) is 4.98 Å². The first kappa shape index (κ1) is 18.7. The molecule has 0 spiro atoms. The molecule has 1 aliphatic rings. The molecule has 0 unspecified atom stereocenters. The quantitative estimate of drug-likeness (QED) is 0.520. The molecule has 0 radical (unpaired) electrons. The van der Waals surface area contributed by atoms with Crippen LogP contribution in [0.2, 0.25) is 0 Å². The Morgan fingerprint density at radius 1 is 1.20 bits per heavy atom. The van der Waals surface area contributed by atoms with Gasteiger partial charge in [0.05, 0.1) is 37.0 Å². The molecule has 5 rings (SSSR count). The highest BCUT2D eigenvalue weighted by Crippen LogP contribution is 2.35. The SMILES string of the molecule is COC[C@H]1CN(c2nc(-c3ccnc4[nH]ccc34)nc3cncc(OC)c23)CCN1. The number of methoxy groups -OCH3 is 2. The topological polar surface area (TPSA) is 101 Å². The van der Waals surface area contributed by atoms with Gasteiger partial charge in [0.2, 0.25) is 0 Å². The number of rotatable bonds is 5. The zero-order valence-electron chi connectivity index (χ0n) is 16.9. The molecule has 154 valence electrons. The maximum absolute atomic E-state index is 5.61. The van der Waals surface area contributed by atoms with Gasteiger partial charge in [0.1, 0.15) is 17.2 Å². The van der Waals surface area contributed by atoms with Crippen LogP contribution in [0.5, 0.6) is 5.75 Å². The Morgan fingerprint density at radius 2 is 2.13 bits per heavy atom. The summed E-state index contributed by atoms with van der Waals surface area (Å²) in [5.41, 5.74) is 2.48.